The maximum absolute atomic E-state index is 2.45. The molecule has 3 aromatic carbocycles. The molecule has 0 aliphatic carbocycles. The van der Waals surface area contributed by atoms with Gasteiger partial charge in [-0.3, -0.25) is 0 Å². The third-order valence-corrected chi connectivity index (χ3v) is 7.98. The van der Waals surface area contributed by atoms with Crippen LogP contribution in [0.2, 0.25) is 0 Å². The fraction of sp³-hybridized carbons (Fsp3) is 0. The maximum atomic E-state index is 2.45. The second kappa shape index (κ2) is 8.17. The van der Waals surface area contributed by atoms with Gasteiger partial charge in [0.1, 0.15) is 0 Å². The molecule has 0 aromatic heterocycles. The van der Waals surface area contributed by atoms with E-state index in [9.17, 15) is 0 Å². The summed E-state index contributed by atoms with van der Waals surface area (Å²) in [6.07, 6.45) is 0. The molecular formula is C20H16Se2. The van der Waals surface area contributed by atoms with E-state index in [0.29, 0.717) is 29.9 Å². The van der Waals surface area contributed by atoms with Crippen LogP contribution >= 0.6 is 0 Å². The molecule has 0 amide bonds. The van der Waals surface area contributed by atoms with E-state index >= 15 is 0 Å². The SMILES string of the molecule is C([Se]c1ccccc1)=C([Se]c1ccccc1)c1ccccc1. The average Bonchev–Trinajstić information content (AvgIpc) is 2.61. The zero-order valence-corrected chi connectivity index (χ0v) is 15.5. The second-order valence-electron chi connectivity index (χ2n) is 4.69. The summed E-state index contributed by atoms with van der Waals surface area (Å²) in [5, 5.41) is 0. The Balaban J connectivity index is 1.86. The van der Waals surface area contributed by atoms with Gasteiger partial charge in [-0.2, -0.15) is 0 Å². The van der Waals surface area contributed by atoms with Gasteiger partial charge in [-0.1, -0.05) is 0 Å². The molecule has 0 atom stereocenters. The Morgan fingerprint density at radius 1 is 0.591 bits per heavy atom. The van der Waals surface area contributed by atoms with E-state index in [2.05, 4.69) is 96.0 Å². The summed E-state index contributed by atoms with van der Waals surface area (Å²) in [5.74, 6) is 0. The summed E-state index contributed by atoms with van der Waals surface area (Å²) in [5.41, 5.74) is 1.35. The van der Waals surface area contributed by atoms with Crippen molar-refractivity contribution >= 4 is 43.3 Å². The third kappa shape index (κ3) is 4.46. The first-order valence-corrected chi connectivity index (χ1v) is 10.7. The summed E-state index contributed by atoms with van der Waals surface area (Å²) in [6, 6.07) is 32.3. The van der Waals surface area contributed by atoms with Crippen molar-refractivity contribution in [3.8, 4) is 0 Å². The Morgan fingerprint density at radius 3 is 1.68 bits per heavy atom. The molecule has 0 aliphatic heterocycles. The minimum atomic E-state index is 0.346. The van der Waals surface area contributed by atoms with Crippen molar-refractivity contribution in [3.05, 3.63) is 102 Å². The molecule has 0 saturated heterocycles. The van der Waals surface area contributed by atoms with Crippen molar-refractivity contribution in [1.29, 1.82) is 0 Å². The molecule has 0 aliphatic rings. The normalized spacial score (nSPS) is 11.4. The van der Waals surface area contributed by atoms with Crippen LogP contribution in [0.3, 0.4) is 0 Å². The Hall–Kier alpha value is -1.56. The van der Waals surface area contributed by atoms with Gasteiger partial charge in [-0.15, -0.1) is 0 Å². The van der Waals surface area contributed by atoms with E-state index < -0.39 is 0 Å². The molecule has 0 radical (unpaired) electrons. The van der Waals surface area contributed by atoms with Gasteiger partial charge in [0.25, 0.3) is 0 Å². The summed E-state index contributed by atoms with van der Waals surface area (Å²) < 4.78 is 4.32. The van der Waals surface area contributed by atoms with Gasteiger partial charge in [0, 0.05) is 0 Å². The molecule has 0 bridgehead atoms. The molecule has 0 unspecified atom stereocenters. The average molecular weight is 414 g/mol. The molecule has 0 heterocycles. The molecule has 108 valence electrons. The minimum absolute atomic E-state index is 0.346. The van der Waals surface area contributed by atoms with E-state index in [4.69, 9.17) is 0 Å². The van der Waals surface area contributed by atoms with Crippen LogP contribution in [-0.2, 0) is 0 Å². The van der Waals surface area contributed by atoms with Gasteiger partial charge >= 0.3 is 145 Å². The first kappa shape index (κ1) is 15.3. The van der Waals surface area contributed by atoms with E-state index in [0.717, 1.165) is 0 Å². The molecule has 0 nitrogen and oxygen atoms in total. The van der Waals surface area contributed by atoms with Crippen molar-refractivity contribution in [3.63, 3.8) is 0 Å². The predicted molar refractivity (Wildman–Crippen MR) is 98.1 cm³/mol. The molecule has 3 aromatic rings. The number of rotatable bonds is 5. The predicted octanol–water partition coefficient (Wildman–Crippen LogP) is 3.04. The number of benzene rings is 3. The van der Waals surface area contributed by atoms with Gasteiger partial charge in [-0.25, -0.2) is 0 Å². The zero-order valence-electron chi connectivity index (χ0n) is 12.1. The summed E-state index contributed by atoms with van der Waals surface area (Å²) in [4.78, 5) is 2.45. The van der Waals surface area contributed by atoms with Crippen LogP contribution in [0, 0.1) is 0 Å². The Labute approximate surface area is 144 Å². The molecule has 0 saturated carbocycles. The van der Waals surface area contributed by atoms with E-state index in [-0.39, 0.29) is 0 Å². The molecule has 0 N–H and O–H groups in total. The van der Waals surface area contributed by atoms with Crippen LogP contribution < -0.4 is 8.92 Å². The van der Waals surface area contributed by atoms with Crippen molar-refractivity contribution in [2.45, 2.75) is 0 Å². The molecule has 0 spiro atoms. The van der Waals surface area contributed by atoms with Gasteiger partial charge in [-0.05, 0) is 0 Å². The van der Waals surface area contributed by atoms with E-state index in [1.54, 1.807) is 0 Å². The Morgan fingerprint density at radius 2 is 1.09 bits per heavy atom. The second-order valence-corrected chi connectivity index (χ2v) is 9.01. The van der Waals surface area contributed by atoms with Crippen molar-refractivity contribution < 1.29 is 0 Å². The van der Waals surface area contributed by atoms with Gasteiger partial charge in [0.2, 0.25) is 0 Å². The first-order valence-electron chi connectivity index (χ1n) is 7.12. The van der Waals surface area contributed by atoms with Crippen molar-refractivity contribution in [1.82, 2.24) is 0 Å². The van der Waals surface area contributed by atoms with E-state index in [1.165, 1.54) is 19.0 Å². The van der Waals surface area contributed by atoms with Crippen LogP contribution in [0.5, 0.6) is 0 Å². The fourth-order valence-corrected chi connectivity index (χ4v) is 6.28. The van der Waals surface area contributed by atoms with E-state index in [1.807, 2.05) is 0 Å². The van der Waals surface area contributed by atoms with Crippen LogP contribution in [0.15, 0.2) is 96.0 Å². The zero-order chi connectivity index (χ0) is 15.0. The molecule has 2 heteroatoms. The van der Waals surface area contributed by atoms with Crippen molar-refractivity contribution in [2.24, 2.45) is 0 Å². The summed E-state index contributed by atoms with van der Waals surface area (Å²) >= 11 is 0.724. The molecule has 0 fully saturated rings. The van der Waals surface area contributed by atoms with Crippen LogP contribution in [0.25, 0.3) is 4.47 Å². The summed E-state index contributed by atoms with van der Waals surface area (Å²) in [6.45, 7) is 0. The van der Waals surface area contributed by atoms with Gasteiger partial charge < -0.3 is 0 Å². The first-order chi connectivity index (χ1) is 10.9. The van der Waals surface area contributed by atoms with Gasteiger partial charge in [0.05, 0.1) is 0 Å². The Bertz CT molecular complexity index is 719. The van der Waals surface area contributed by atoms with Crippen LogP contribution in [-0.4, -0.2) is 29.9 Å². The number of hydrogen-bond donors (Lipinski definition) is 0. The monoisotopic (exact) mass is 416 g/mol. The fourth-order valence-electron chi connectivity index (χ4n) is 1.99. The molecule has 22 heavy (non-hydrogen) atoms. The van der Waals surface area contributed by atoms with Gasteiger partial charge in [0.15, 0.2) is 0 Å². The molecular weight excluding hydrogens is 398 g/mol. The van der Waals surface area contributed by atoms with Crippen molar-refractivity contribution in [2.75, 3.05) is 0 Å². The van der Waals surface area contributed by atoms with Crippen LogP contribution in [0.4, 0.5) is 0 Å². The number of hydrogen-bond acceptors (Lipinski definition) is 0. The topological polar surface area (TPSA) is 0 Å². The molecule has 3 rings (SSSR count). The standard InChI is InChI=1S/C20H16Se2/c1-4-10-17(11-5-1)20(22-19-14-8-3-9-15-19)16-21-18-12-6-2-7-13-18/h1-16H. The third-order valence-electron chi connectivity index (χ3n) is 3.07. The Kier molecular flexibility index (Phi) is 5.70. The quantitative estimate of drug-likeness (QED) is 0.564. The summed E-state index contributed by atoms with van der Waals surface area (Å²) in [7, 11) is 0. The van der Waals surface area contributed by atoms with Crippen LogP contribution in [0.1, 0.15) is 5.56 Å².